The normalized spacial score (nSPS) is 11.4. The number of nitrogens with one attached hydrogen (secondary N) is 1. The van der Waals surface area contributed by atoms with E-state index in [2.05, 4.69) is 15.3 Å². The van der Waals surface area contributed by atoms with E-state index in [4.69, 9.17) is 5.11 Å². The molecule has 0 spiro atoms. The minimum absolute atomic E-state index is 0.0517. The number of nitrogens with zero attached hydrogens (tertiary/aromatic N) is 2. The molecule has 0 aliphatic carbocycles. The van der Waals surface area contributed by atoms with E-state index in [1.165, 1.54) is 12.3 Å². The lowest BCUT2D eigenvalue weighted by Gasteiger charge is -2.10. The van der Waals surface area contributed by atoms with Crippen LogP contribution in [0.15, 0.2) is 36.7 Å². The molecule has 0 fully saturated rings. The third-order valence-corrected chi connectivity index (χ3v) is 2.76. The second kappa shape index (κ2) is 5.92. The van der Waals surface area contributed by atoms with E-state index in [0.29, 0.717) is 12.4 Å². The summed E-state index contributed by atoms with van der Waals surface area (Å²) in [7, 11) is 0. The molecule has 0 saturated heterocycles. The molecule has 0 unspecified atom stereocenters. The van der Waals surface area contributed by atoms with E-state index < -0.39 is 5.92 Å². The van der Waals surface area contributed by atoms with Gasteiger partial charge in [0.15, 0.2) is 0 Å². The molecule has 0 saturated carbocycles. The Morgan fingerprint density at radius 2 is 1.80 bits per heavy atom. The fourth-order valence-electron chi connectivity index (χ4n) is 1.60. The van der Waals surface area contributed by atoms with Crippen molar-refractivity contribution in [1.29, 1.82) is 0 Å². The Morgan fingerprint density at radius 3 is 2.30 bits per heavy atom. The molecule has 2 aromatic rings. The van der Waals surface area contributed by atoms with Crippen molar-refractivity contribution in [3.05, 3.63) is 53.5 Å². The quantitative estimate of drug-likeness (QED) is 0.883. The molecule has 2 rings (SSSR count). The van der Waals surface area contributed by atoms with Crippen molar-refractivity contribution in [2.75, 3.05) is 5.32 Å². The van der Waals surface area contributed by atoms with Crippen LogP contribution in [0, 0.1) is 0 Å². The number of rotatable bonds is 5. The zero-order chi connectivity index (χ0) is 14.6. The third-order valence-electron chi connectivity index (χ3n) is 2.76. The minimum atomic E-state index is -2.92. The lowest BCUT2D eigenvalue weighted by molar-refractivity contribution is 0.0127. The first-order valence-corrected chi connectivity index (χ1v) is 6.12. The molecule has 4 nitrogen and oxygen atoms in total. The summed E-state index contributed by atoms with van der Waals surface area (Å²) in [6.07, 6.45) is 2.99. The van der Waals surface area contributed by atoms with Crippen molar-refractivity contribution in [2.45, 2.75) is 26.0 Å². The van der Waals surface area contributed by atoms with Gasteiger partial charge in [0.25, 0.3) is 5.92 Å². The Morgan fingerprint density at radius 1 is 1.10 bits per heavy atom. The number of aromatic nitrogens is 2. The Balaban J connectivity index is 1.96. The number of aliphatic hydroxyl groups is 1. The van der Waals surface area contributed by atoms with Gasteiger partial charge in [-0.25, -0.2) is 4.98 Å². The number of pyridine rings is 2. The number of anilines is 1. The van der Waals surface area contributed by atoms with Crippen LogP contribution in [0.25, 0.3) is 0 Å². The van der Waals surface area contributed by atoms with Crippen LogP contribution in [0.4, 0.5) is 14.6 Å². The van der Waals surface area contributed by atoms with Gasteiger partial charge < -0.3 is 10.4 Å². The van der Waals surface area contributed by atoms with Gasteiger partial charge in [-0.3, -0.25) is 4.98 Å². The van der Waals surface area contributed by atoms with E-state index in [1.54, 1.807) is 24.4 Å². The molecule has 106 valence electrons. The second-order valence-electron chi connectivity index (χ2n) is 4.50. The second-order valence-corrected chi connectivity index (χ2v) is 4.50. The molecule has 2 aromatic heterocycles. The zero-order valence-electron chi connectivity index (χ0n) is 11.0. The number of alkyl halides is 2. The summed E-state index contributed by atoms with van der Waals surface area (Å²) >= 11 is 0. The highest BCUT2D eigenvalue weighted by molar-refractivity contribution is 5.36. The average molecular weight is 279 g/mol. The van der Waals surface area contributed by atoms with E-state index in [-0.39, 0.29) is 12.3 Å². The third kappa shape index (κ3) is 3.71. The summed E-state index contributed by atoms with van der Waals surface area (Å²) in [6.45, 7) is 1.21. The SMILES string of the molecule is CC(F)(F)c1ccc(CNc2ccc(CO)cn2)cn1. The highest BCUT2D eigenvalue weighted by Gasteiger charge is 2.25. The zero-order valence-corrected chi connectivity index (χ0v) is 11.0. The van der Waals surface area contributed by atoms with Crippen LogP contribution < -0.4 is 5.32 Å². The van der Waals surface area contributed by atoms with Crippen molar-refractivity contribution < 1.29 is 13.9 Å². The Kier molecular flexibility index (Phi) is 4.24. The topological polar surface area (TPSA) is 58.0 Å². The molecule has 0 aromatic carbocycles. The summed E-state index contributed by atoms with van der Waals surface area (Å²) in [4.78, 5) is 7.86. The van der Waals surface area contributed by atoms with Crippen LogP contribution in [0.2, 0.25) is 0 Å². The van der Waals surface area contributed by atoms with Crippen molar-refractivity contribution in [3.63, 3.8) is 0 Å². The average Bonchev–Trinajstić information content (AvgIpc) is 2.45. The van der Waals surface area contributed by atoms with Crippen molar-refractivity contribution in [2.24, 2.45) is 0 Å². The Labute approximate surface area is 115 Å². The van der Waals surface area contributed by atoms with Crippen LogP contribution in [0.5, 0.6) is 0 Å². The predicted octanol–water partition coefficient (Wildman–Crippen LogP) is 2.69. The molecule has 0 atom stereocenters. The smallest absolute Gasteiger partial charge is 0.286 e. The van der Waals surface area contributed by atoms with E-state index in [0.717, 1.165) is 18.1 Å². The lowest BCUT2D eigenvalue weighted by Crippen LogP contribution is -2.10. The molecule has 2 heterocycles. The molecule has 0 aliphatic rings. The van der Waals surface area contributed by atoms with Gasteiger partial charge >= 0.3 is 0 Å². The standard InChI is InChI=1S/C14H15F2N3O/c1-14(15,16)12-4-2-10(6-17-12)7-18-13-5-3-11(9-20)8-19-13/h2-6,8,20H,7,9H2,1H3,(H,18,19). The van der Waals surface area contributed by atoms with Gasteiger partial charge in [0.1, 0.15) is 11.5 Å². The van der Waals surface area contributed by atoms with Gasteiger partial charge in [0.2, 0.25) is 0 Å². The monoisotopic (exact) mass is 279 g/mol. The van der Waals surface area contributed by atoms with Crippen molar-refractivity contribution in [1.82, 2.24) is 9.97 Å². The first-order valence-electron chi connectivity index (χ1n) is 6.12. The molecule has 0 radical (unpaired) electrons. The lowest BCUT2D eigenvalue weighted by atomic mass is 10.2. The van der Waals surface area contributed by atoms with Crippen molar-refractivity contribution >= 4 is 5.82 Å². The molecule has 6 heteroatoms. The Hall–Kier alpha value is -2.08. The fraction of sp³-hybridized carbons (Fsp3) is 0.286. The van der Waals surface area contributed by atoms with Crippen LogP contribution in [-0.4, -0.2) is 15.1 Å². The minimum Gasteiger partial charge on any atom is -0.392 e. The van der Waals surface area contributed by atoms with Gasteiger partial charge in [0, 0.05) is 25.9 Å². The highest BCUT2D eigenvalue weighted by atomic mass is 19.3. The van der Waals surface area contributed by atoms with Gasteiger partial charge in [0.05, 0.1) is 6.61 Å². The van der Waals surface area contributed by atoms with Gasteiger partial charge in [-0.2, -0.15) is 8.78 Å². The molecule has 0 aliphatic heterocycles. The molecule has 0 amide bonds. The Bertz CT molecular complexity index is 550. The first kappa shape index (κ1) is 14.3. The fourth-order valence-corrected chi connectivity index (χ4v) is 1.60. The van der Waals surface area contributed by atoms with Crippen LogP contribution in [-0.2, 0) is 19.1 Å². The van der Waals surface area contributed by atoms with E-state index in [1.807, 2.05) is 0 Å². The van der Waals surface area contributed by atoms with E-state index in [9.17, 15) is 8.78 Å². The summed E-state index contributed by atoms with van der Waals surface area (Å²) in [6, 6.07) is 6.43. The number of hydrogen-bond donors (Lipinski definition) is 2. The van der Waals surface area contributed by atoms with Crippen LogP contribution >= 0.6 is 0 Å². The van der Waals surface area contributed by atoms with Crippen LogP contribution in [0.3, 0.4) is 0 Å². The van der Waals surface area contributed by atoms with Gasteiger partial charge in [-0.05, 0) is 23.3 Å². The summed E-state index contributed by atoms with van der Waals surface area (Å²) in [5.41, 5.74) is 1.27. The number of halogens is 2. The maximum Gasteiger partial charge on any atom is 0.286 e. The number of hydrogen-bond acceptors (Lipinski definition) is 4. The number of aliphatic hydroxyl groups excluding tert-OH is 1. The van der Waals surface area contributed by atoms with Crippen molar-refractivity contribution in [3.8, 4) is 0 Å². The summed E-state index contributed by atoms with van der Waals surface area (Å²) in [5, 5.41) is 11.9. The maximum absolute atomic E-state index is 13.0. The molecular formula is C14H15F2N3O. The summed E-state index contributed by atoms with van der Waals surface area (Å²) < 4.78 is 26.0. The van der Waals surface area contributed by atoms with E-state index >= 15 is 0 Å². The van der Waals surface area contributed by atoms with Gasteiger partial charge in [-0.15, -0.1) is 0 Å². The molecule has 0 bridgehead atoms. The molecule has 2 N–H and O–H groups in total. The summed E-state index contributed by atoms with van der Waals surface area (Å²) in [5.74, 6) is -2.28. The maximum atomic E-state index is 13.0. The molecule has 20 heavy (non-hydrogen) atoms. The van der Waals surface area contributed by atoms with Crippen LogP contribution in [0.1, 0.15) is 23.7 Å². The predicted molar refractivity (Wildman–Crippen MR) is 71.3 cm³/mol. The molecular weight excluding hydrogens is 264 g/mol. The highest BCUT2D eigenvalue weighted by Crippen LogP contribution is 2.24. The van der Waals surface area contributed by atoms with Gasteiger partial charge in [-0.1, -0.05) is 12.1 Å². The largest absolute Gasteiger partial charge is 0.392 e. The first-order chi connectivity index (χ1) is 9.49.